The highest BCUT2D eigenvalue weighted by Crippen LogP contribution is 2.16. The van der Waals surface area contributed by atoms with E-state index < -0.39 is 11.7 Å². The van der Waals surface area contributed by atoms with Gasteiger partial charge >= 0.3 is 0 Å². The molecule has 1 aromatic carbocycles. The molecular weight excluding hydrogens is 290 g/mol. The SMILES string of the molecule is CCc1ccc(C(C)NC(=O)C(=O)c2c(C)nn(C)c2C)cc1. The van der Waals surface area contributed by atoms with Crippen molar-refractivity contribution in [1.82, 2.24) is 15.1 Å². The predicted octanol–water partition coefficient (Wildman–Crippen LogP) is 2.66. The number of rotatable bonds is 5. The van der Waals surface area contributed by atoms with E-state index in [1.54, 1.807) is 25.6 Å². The Bertz CT molecular complexity index is 729. The maximum Gasteiger partial charge on any atom is 0.293 e. The Morgan fingerprint density at radius 3 is 2.30 bits per heavy atom. The molecule has 1 heterocycles. The summed E-state index contributed by atoms with van der Waals surface area (Å²) in [6, 6.07) is 7.81. The van der Waals surface area contributed by atoms with E-state index in [4.69, 9.17) is 0 Å². The van der Waals surface area contributed by atoms with Crippen molar-refractivity contribution in [3.05, 3.63) is 52.3 Å². The van der Waals surface area contributed by atoms with Crippen LogP contribution in [-0.4, -0.2) is 21.5 Å². The van der Waals surface area contributed by atoms with Crippen LogP contribution in [0.1, 0.15) is 52.8 Å². The number of ketones is 1. The summed E-state index contributed by atoms with van der Waals surface area (Å²) in [5, 5.41) is 6.96. The van der Waals surface area contributed by atoms with Gasteiger partial charge in [-0.3, -0.25) is 14.3 Å². The van der Waals surface area contributed by atoms with E-state index in [1.807, 2.05) is 31.2 Å². The molecule has 1 unspecified atom stereocenters. The van der Waals surface area contributed by atoms with Gasteiger partial charge in [0, 0.05) is 12.7 Å². The summed E-state index contributed by atoms with van der Waals surface area (Å²) in [5.41, 5.74) is 3.87. The first-order valence-electron chi connectivity index (χ1n) is 7.79. The number of nitrogens with one attached hydrogen (secondary N) is 1. The van der Waals surface area contributed by atoms with E-state index in [2.05, 4.69) is 17.3 Å². The normalized spacial score (nSPS) is 12.0. The van der Waals surface area contributed by atoms with E-state index in [-0.39, 0.29) is 6.04 Å². The predicted molar refractivity (Wildman–Crippen MR) is 89.4 cm³/mol. The summed E-state index contributed by atoms with van der Waals surface area (Å²) in [5.74, 6) is -1.14. The van der Waals surface area contributed by atoms with Gasteiger partial charge < -0.3 is 5.32 Å². The smallest absolute Gasteiger partial charge is 0.293 e. The van der Waals surface area contributed by atoms with Crippen LogP contribution in [-0.2, 0) is 18.3 Å². The lowest BCUT2D eigenvalue weighted by Gasteiger charge is -2.14. The number of amides is 1. The Labute approximate surface area is 136 Å². The molecule has 0 saturated carbocycles. The summed E-state index contributed by atoms with van der Waals surface area (Å²) in [6.07, 6.45) is 0.971. The van der Waals surface area contributed by atoms with Gasteiger partial charge in [-0.05, 0) is 38.3 Å². The number of hydrogen-bond donors (Lipinski definition) is 1. The number of carbonyl (C=O) groups excluding carboxylic acids is 2. The molecule has 1 amide bonds. The molecule has 2 aromatic rings. The maximum absolute atomic E-state index is 12.4. The lowest BCUT2D eigenvalue weighted by molar-refractivity contribution is -0.117. The molecule has 5 nitrogen and oxygen atoms in total. The minimum atomic E-state index is -0.601. The monoisotopic (exact) mass is 313 g/mol. The van der Waals surface area contributed by atoms with E-state index in [0.29, 0.717) is 17.0 Å². The third-order valence-electron chi connectivity index (χ3n) is 4.18. The second-order valence-electron chi connectivity index (χ2n) is 5.79. The van der Waals surface area contributed by atoms with Crippen LogP contribution < -0.4 is 5.32 Å². The standard InChI is InChI=1S/C18H23N3O2/c1-6-14-7-9-15(10-8-14)11(2)19-18(23)17(22)16-12(3)20-21(5)13(16)4/h7-11H,6H2,1-5H3,(H,19,23). The molecule has 0 aliphatic carbocycles. The van der Waals surface area contributed by atoms with E-state index >= 15 is 0 Å². The van der Waals surface area contributed by atoms with E-state index in [9.17, 15) is 9.59 Å². The molecule has 5 heteroatoms. The van der Waals surface area contributed by atoms with Crippen molar-refractivity contribution in [2.45, 2.75) is 40.2 Å². The molecule has 122 valence electrons. The number of benzene rings is 1. The fourth-order valence-corrected chi connectivity index (χ4v) is 2.60. The molecule has 1 atom stereocenters. The number of aromatic nitrogens is 2. The minimum absolute atomic E-state index is 0.227. The van der Waals surface area contributed by atoms with Gasteiger partial charge in [0.2, 0.25) is 0 Å². The average molecular weight is 313 g/mol. The first-order chi connectivity index (χ1) is 10.8. The zero-order valence-corrected chi connectivity index (χ0v) is 14.3. The number of hydrogen-bond acceptors (Lipinski definition) is 3. The quantitative estimate of drug-likeness (QED) is 0.682. The molecule has 0 aliphatic heterocycles. The second kappa shape index (κ2) is 6.77. The molecule has 1 aromatic heterocycles. The fourth-order valence-electron chi connectivity index (χ4n) is 2.60. The summed E-state index contributed by atoms with van der Waals surface area (Å²) in [4.78, 5) is 24.7. The Morgan fingerprint density at radius 1 is 1.22 bits per heavy atom. The molecular formula is C18H23N3O2. The van der Waals surface area contributed by atoms with Crippen LogP contribution in [0, 0.1) is 13.8 Å². The van der Waals surface area contributed by atoms with Crippen molar-refractivity contribution in [2.24, 2.45) is 7.05 Å². The molecule has 23 heavy (non-hydrogen) atoms. The van der Waals surface area contributed by atoms with Gasteiger partial charge in [-0.1, -0.05) is 31.2 Å². The first kappa shape index (κ1) is 16.9. The van der Waals surface area contributed by atoms with Crippen molar-refractivity contribution < 1.29 is 9.59 Å². The number of aryl methyl sites for hydroxylation is 3. The Balaban J connectivity index is 2.12. The van der Waals surface area contributed by atoms with Crippen molar-refractivity contribution in [3.8, 4) is 0 Å². The molecule has 0 spiro atoms. The molecule has 1 N–H and O–H groups in total. The third-order valence-corrected chi connectivity index (χ3v) is 4.18. The average Bonchev–Trinajstić information content (AvgIpc) is 2.79. The van der Waals surface area contributed by atoms with Gasteiger partial charge in [0.1, 0.15) is 0 Å². The highest BCUT2D eigenvalue weighted by atomic mass is 16.2. The number of carbonyl (C=O) groups is 2. The fraction of sp³-hybridized carbons (Fsp3) is 0.389. The van der Waals surface area contributed by atoms with Gasteiger partial charge in [0.15, 0.2) is 0 Å². The minimum Gasteiger partial charge on any atom is -0.343 e. The molecule has 0 radical (unpaired) electrons. The van der Waals surface area contributed by atoms with Crippen molar-refractivity contribution in [2.75, 3.05) is 0 Å². The molecule has 0 fully saturated rings. The number of Topliss-reactive ketones (excluding diaryl/α,β-unsaturated/α-hetero) is 1. The molecule has 2 rings (SSSR count). The van der Waals surface area contributed by atoms with Crippen LogP contribution in [0.3, 0.4) is 0 Å². The van der Waals surface area contributed by atoms with Crippen LogP contribution in [0.2, 0.25) is 0 Å². The van der Waals surface area contributed by atoms with Crippen molar-refractivity contribution in [1.29, 1.82) is 0 Å². The van der Waals surface area contributed by atoms with Crippen LogP contribution in [0.4, 0.5) is 0 Å². The van der Waals surface area contributed by atoms with Crippen LogP contribution >= 0.6 is 0 Å². The van der Waals surface area contributed by atoms with Gasteiger partial charge in [0.05, 0.1) is 17.3 Å². The van der Waals surface area contributed by atoms with E-state index in [0.717, 1.165) is 12.0 Å². The van der Waals surface area contributed by atoms with E-state index in [1.165, 1.54) is 5.56 Å². The Morgan fingerprint density at radius 2 is 1.83 bits per heavy atom. The highest BCUT2D eigenvalue weighted by molar-refractivity contribution is 6.43. The maximum atomic E-state index is 12.4. The summed E-state index contributed by atoms with van der Waals surface area (Å²) < 4.78 is 1.61. The van der Waals surface area contributed by atoms with Gasteiger partial charge in [-0.15, -0.1) is 0 Å². The van der Waals surface area contributed by atoms with Crippen molar-refractivity contribution in [3.63, 3.8) is 0 Å². The first-order valence-corrected chi connectivity index (χ1v) is 7.79. The number of nitrogens with zero attached hydrogens (tertiary/aromatic N) is 2. The Hall–Kier alpha value is -2.43. The summed E-state index contributed by atoms with van der Waals surface area (Å²) in [7, 11) is 1.76. The van der Waals surface area contributed by atoms with Crippen molar-refractivity contribution >= 4 is 11.7 Å². The van der Waals surface area contributed by atoms with Crippen LogP contribution in [0.25, 0.3) is 0 Å². The lowest BCUT2D eigenvalue weighted by Crippen LogP contribution is -2.33. The Kier molecular flexibility index (Phi) is 4.98. The van der Waals surface area contributed by atoms with Gasteiger partial charge in [-0.2, -0.15) is 5.10 Å². The largest absolute Gasteiger partial charge is 0.343 e. The lowest BCUT2D eigenvalue weighted by atomic mass is 10.0. The molecule has 0 bridgehead atoms. The topological polar surface area (TPSA) is 64.0 Å². The molecule has 0 saturated heterocycles. The van der Waals surface area contributed by atoms with Gasteiger partial charge in [0.25, 0.3) is 11.7 Å². The highest BCUT2D eigenvalue weighted by Gasteiger charge is 2.25. The zero-order chi connectivity index (χ0) is 17.1. The summed E-state index contributed by atoms with van der Waals surface area (Å²) >= 11 is 0. The molecule has 0 aliphatic rings. The van der Waals surface area contributed by atoms with Crippen LogP contribution in [0.5, 0.6) is 0 Å². The zero-order valence-electron chi connectivity index (χ0n) is 14.3. The summed E-state index contributed by atoms with van der Waals surface area (Å²) in [6.45, 7) is 7.49. The van der Waals surface area contributed by atoms with Crippen LogP contribution in [0.15, 0.2) is 24.3 Å². The third kappa shape index (κ3) is 3.50. The van der Waals surface area contributed by atoms with Gasteiger partial charge in [-0.25, -0.2) is 0 Å². The second-order valence-corrected chi connectivity index (χ2v) is 5.79.